The van der Waals surface area contributed by atoms with Gasteiger partial charge in [0.25, 0.3) is 0 Å². The molecule has 25 heavy (non-hydrogen) atoms. The van der Waals surface area contributed by atoms with E-state index in [1.54, 1.807) is 6.26 Å². The highest BCUT2D eigenvalue weighted by Gasteiger charge is 2.17. The molecule has 8 heteroatoms. The minimum Gasteiger partial charge on any atom is -0.469 e. The summed E-state index contributed by atoms with van der Waals surface area (Å²) in [6, 6.07) is 9.38. The van der Waals surface area contributed by atoms with Gasteiger partial charge in [-0.25, -0.2) is 0 Å². The molecule has 0 aliphatic heterocycles. The molecule has 0 radical (unpaired) electrons. The van der Waals surface area contributed by atoms with Gasteiger partial charge >= 0.3 is 0 Å². The second-order valence-electron chi connectivity index (χ2n) is 5.26. The number of aromatic nitrogens is 3. The molecule has 6 nitrogen and oxygen atoms in total. The van der Waals surface area contributed by atoms with E-state index >= 15 is 0 Å². The lowest BCUT2D eigenvalue weighted by atomic mass is 10.2. The Bertz CT molecular complexity index is 890. The Morgan fingerprint density at radius 1 is 1.32 bits per heavy atom. The van der Waals surface area contributed by atoms with E-state index in [4.69, 9.17) is 4.42 Å². The number of hydrogen-bond acceptors (Lipinski definition) is 5. The van der Waals surface area contributed by atoms with Crippen molar-refractivity contribution in [3.63, 3.8) is 0 Å². The monoisotopic (exact) mass is 420 g/mol. The van der Waals surface area contributed by atoms with Crippen molar-refractivity contribution in [1.82, 2.24) is 14.8 Å². The van der Waals surface area contributed by atoms with Gasteiger partial charge in [0, 0.05) is 11.0 Å². The van der Waals surface area contributed by atoms with Crippen LogP contribution in [0.3, 0.4) is 0 Å². The van der Waals surface area contributed by atoms with Gasteiger partial charge in [-0.3, -0.25) is 4.79 Å². The van der Waals surface area contributed by atoms with Crippen LogP contribution in [0.15, 0.2) is 50.6 Å². The Labute approximate surface area is 158 Å². The number of thioether (sulfide) groups is 1. The van der Waals surface area contributed by atoms with Crippen LogP contribution in [0.25, 0.3) is 11.4 Å². The summed E-state index contributed by atoms with van der Waals surface area (Å²) in [7, 11) is 0. The average molecular weight is 421 g/mol. The molecule has 2 heterocycles. The van der Waals surface area contributed by atoms with Crippen molar-refractivity contribution < 1.29 is 9.21 Å². The lowest BCUT2D eigenvalue weighted by Crippen LogP contribution is -2.15. The Kier molecular flexibility index (Phi) is 5.60. The predicted molar refractivity (Wildman–Crippen MR) is 102 cm³/mol. The quantitative estimate of drug-likeness (QED) is 0.599. The van der Waals surface area contributed by atoms with E-state index < -0.39 is 0 Å². The molecule has 1 N–H and O–H groups in total. The summed E-state index contributed by atoms with van der Waals surface area (Å²) in [6.45, 7) is 4.62. The summed E-state index contributed by atoms with van der Waals surface area (Å²) in [5.74, 6) is 1.71. The summed E-state index contributed by atoms with van der Waals surface area (Å²) in [6.07, 6.45) is 1.64. The zero-order valence-corrected chi connectivity index (χ0v) is 16.2. The number of halogens is 1. The number of hydrogen-bond donors (Lipinski definition) is 1. The molecule has 0 saturated carbocycles. The van der Waals surface area contributed by atoms with Crippen molar-refractivity contribution >= 4 is 39.3 Å². The Balaban J connectivity index is 1.69. The highest BCUT2D eigenvalue weighted by Crippen LogP contribution is 2.27. The number of nitrogens with one attached hydrogen (secondary N) is 1. The number of rotatable bonds is 6. The fraction of sp³-hybridized carbons (Fsp3) is 0.235. The smallest absolute Gasteiger partial charge is 0.234 e. The minimum atomic E-state index is -0.0939. The van der Waals surface area contributed by atoms with Crippen LogP contribution in [-0.2, 0) is 11.3 Å². The molecule has 2 aromatic heterocycles. The van der Waals surface area contributed by atoms with Crippen LogP contribution in [0.2, 0.25) is 0 Å². The maximum atomic E-state index is 12.2. The summed E-state index contributed by atoms with van der Waals surface area (Å²) >= 11 is 4.78. The van der Waals surface area contributed by atoms with E-state index in [-0.39, 0.29) is 11.7 Å². The Morgan fingerprint density at radius 3 is 2.80 bits per heavy atom. The highest BCUT2D eigenvalue weighted by molar-refractivity contribution is 9.10. The lowest BCUT2D eigenvalue weighted by molar-refractivity contribution is -0.113. The fourth-order valence-electron chi connectivity index (χ4n) is 2.38. The molecule has 0 spiro atoms. The molecule has 1 aromatic carbocycles. The summed E-state index contributed by atoms with van der Waals surface area (Å²) in [5.41, 5.74) is 1.67. The molecule has 3 rings (SSSR count). The first-order valence-corrected chi connectivity index (χ1v) is 9.53. The zero-order chi connectivity index (χ0) is 17.8. The predicted octanol–water partition coefficient (Wildman–Crippen LogP) is 4.36. The standard InChI is InChI=1S/C17H17BrN4O2S/c1-3-22-16(12-8-9-24-11(12)2)20-21-17(22)25-10-15(23)19-14-7-5-4-6-13(14)18/h4-9H,3,10H2,1-2H3,(H,19,23). The van der Waals surface area contributed by atoms with E-state index in [1.165, 1.54) is 11.8 Å². The van der Waals surface area contributed by atoms with Gasteiger partial charge in [-0.05, 0) is 48.0 Å². The van der Waals surface area contributed by atoms with Gasteiger partial charge < -0.3 is 14.3 Å². The number of furan rings is 1. The molecule has 1 amide bonds. The van der Waals surface area contributed by atoms with Gasteiger partial charge in [-0.2, -0.15) is 0 Å². The van der Waals surface area contributed by atoms with E-state index in [9.17, 15) is 4.79 Å². The van der Waals surface area contributed by atoms with Gasteiger partial charge in [0.15, 0.2) is 11.0 Å². The van der Waals surface area contributed by atoms with Crippen LogP contribution >= 0.6 is 27.7 Å². The van der Waals surface area contributed by atoms with Crippen molar-refractivity contribution in [3.05, 3.63) is 46.8 Å². The maximum absolute atomic E-state index is 12.2. The van der Waals surface area contributed by atoms with Crippen molar-refractivity contribution in [2.24, 2.45) is 0 Å². The van der Waals surface area contributed by atoms with Crippen LogP contribution in [0.4, 0.5) is 5.69 Å². The molecule has 130 valence electrons. The normalized spacial score (nSPS) is 10.8. The number of carbonyl (C=O) groups excluding carboxylic acids is 1. The van der Waals surface area contributed by atoms with Gasteiger partial charge in [0.1, 0.15) is 5.76 Å². The minimum absolute atomic E-state index is 0.0939. The fourth-order valence-corrected chi connectivity index (χ4v) is 3.56. The number of para-hydroxylation sites is 1. The molecule has 0 bridgehead atoms. The second-order valence-corrected chi connectivity index (χ2v) is 7.05. The molecule has 0 atom stereocenters. The van der Waals surface area contributed by atoms with E-state index in [1.807, 2.05) is 48.7 Å². The van der Waals surface area contributed by atoms with E-state index in [0.717, 1.165) is 27.3 Å². The third kappa shape index (κ3) is 3.96. The summed E-state index contributed by atoms with van der Waals surface area (Å²) in [4.78, 5) is 12.2. The van der Waals surface area contributed by atoms with Crippen molar-refractivity contribution in [3.8, 4) is 11.4 Å². The number of amides is 1. The van der Waals surface area contributed by atoms with E-state index in [0.29, 0.717) is 11.7 Å². The third-order valence-corrected chi connectivity index (χ3v) is 5.27. The molecular weight excluding hydrogens is 404 g/mol. The summed E-state index contributed by atoms with van der Waals surface area (Å²) < 4.78 is 8.18. The first-order valence-electron chi connectivity index (χ1n) is 7.75. The van der Waals surface area contributed by atoms with Crippen LogP contribution in [0, 0.1) is 6.92 Å². The molecule has 0 fully saturated rings. The topological polar surface area (TPSA) is 73.0 Å². The van der Waals surface area contributed by atoms with Crippen molar-refractivity contribution in [2.75, 3.05) is 11.1 Å². The number of carbonyl (C=O) groups is 1. The second kappa shape index (κ2) is 7.88. The molecule has 0 aliphatic carbocycles. The molecule has 0 saturated heterocycles. The Hall–Kier alpha value is -2.06. The first-order chi connectivity index (χ1) is 12.1. The largest absolute Gasteiger partial charge is 0.469 e. The van der Waals surface area contributed by atoms with Gasteiger partial charge in [0.05, 0.1) is 23.3 Å². The average Bonchev–Trinajstić information content (AvgIpc) is 3.20. The molecular formula is C17H17BrN4O2S. The number of nitrogens with zero attached hydrogens (tertiary/aromatic N) is 3. The molecule has 0 unspecified atom stereocenters. The van der Waals surface area contributed by atoms with Crippen LogP contribution in [0.1, 0.15) is 12.7 Å². The third-order valence-electron chi connectivity index (χ3n) is 3.61. The maximum Gasteiger partial charge on any atom is 0.234 e. The van der Waals surface area contributed by atoms with Gasteiger partial charge in [-0.15, -0.1) is 10.2 Å². The van der Waals surface area contributed by atoms with Gasteiger partial charge in [-0.1, -0.05) is 23.9 Å². The highest BCUT2D eigenvalue weighted by atomic mass is 79.9. The molecule has 3 aromatic rings. The van der Waals surface area contributed by atoms with Crippen molar-refractivity contribution in [1.29, 1.82) is 0 Å². The first kappa shape index (κ1) is 17.8. The zero-order valence-electron chi connectivity index (χ0n) is 13.8. The van der Waals surface area contributed by atoms with Crippen LogP contribution in [-0.4, -0.2) is 26.4 Å². The van der Waals surface area contributed by atoms with Crippen molar-refractivity contribution in [2.45, 2.75) is 25.5 Å². The van der Waals surface area contributed by atoms with Gasteiger partial charge in [0.2, 0.25) is 5.91 Å². The number of benzene rings is 1. The number of anilines is 1. The summed E-state index contributed by atoms with van der Waals surface area (Å²) in [5, 5.41) is 12.1. The lowest BCUT2D eigenvalue weighted by Gasteiger charge is -2.08. The Morgan fingerprint density at radius 2 is 2.12 bits per heavy atom. The number of aryl methyl sites for hydroxylation is 1. The van der Waals surface area contributed by atoms with E-state index in [2.05, 4.69) is 31.4 Å². The molecule has 0 aliphatic rings. The van der Waals surface area contributed by atoms with Crippen LogP contribution < -0.4 is 5.32 Å². The SMILES string of the molecule is CCn1c(SCC(=O)Nc2ccccc2Br)nnc1-c1ccoc1C. The van der Waals surface area contributed by atoms with Crippen LogP contribution in [0.5, 0.6) is 0 Å².